The molecule has 1 N–H and O–H groups in total. The van der Waals surface area contributed by atoms with Crippen molar-refractivity contribution < 1.29 is 14.7 Å². The van der Waals surface area contributed by atoms with Gasteiger partial charge in [0.1, 0.15) is 24.0 Å². The van der Waals surface area contributed by atoms with Crippen LogP contribution in [0.25, 0.3) is 11.6 Å². The highest BCUT2D eigenvalue weighted by molar-refractivity contribution is 6.25. The molecule has 1 saturated carbocycles. The maximum Gasteiger partial charge on any atom is 0.170 e. The Morgan fingerprint density at radius 3 is 2.55 bits per heavy atom. The lowest BCUT2D eigenvalue weighted by molar-refractivity contribution is -0.123. The molecule has 0 amide bonds. The van der Waals surface area contributed by atoms with Crippen molar-refractivity contribution in [1.82, 2.24) is 19.7 Å². The van der Waals surface area contributed by atoms with E-state index in [9.17, 15) is 14.7 Å². The van der Waals surface area contributed by atoms with Crippen LogP contribution in [-0.4, -0.2) is 36.4 Å². The monoisotopic (exact) mass is 298 g/mol. The van der Waals surface area contributed by atoms with Crippen LogP contribution in [0, 0.1) is 6.92 Å². The van der Waals surface area contributed by atoms with Gasteiger partial charge in [-0.15, -0.1) is 0 Å². The number of ketones is 2. The maximum absolute atomic E-state index is 11.9. The van der Waals surface area contributed by atoms with Crippen LogP contribution >= 0.6 is 0 Å². The zero-order valence-corrected chi connectivity index (χ0v) is 12.0. The van der Waals surface area contributed by atoms with E-state index in [0.29, 0.717) is 23.5 Å². The molecule has 112 valence electrons. The number of aliphatic hydroxyl groups excluding tert-OH is 1. The van der Waals surface area contributed by atoms with Crippen LogP contribution in [0.1, 0.15) is 30.5 Å². The number of pyridine rings is 1. The lowest BCUT2D eigenvalue weighted by Gasteiger charge is -2.15. The zero-order chi connectivity index (χ0) is 15.7. The summed E-state index contributed by atoms with van der Waals surface area (Å²) >= 11 is 0. The van der Waals surface area contributed by atoms with Crippen LogP contribution in [0.5, 0.6) is 0 Å². The molecule has 0 aromatic carbocycles. The second-order valence-electron chi connectivity index (χ2n) is 5.07. The summed E-state index contributed by atoms with van der Waals surface area (Å²) in [5, 5.41) is 14.3. The molecule has 0 atom stereocenters. The van der Waals surface area contributed by atoms with Gasteiger partial charge in [0.15, 0.2) is 17.4 Å². The molecule has 0 saturated heterocycles. The Hall–Kier alpha value is -2.83. The van der Waals surface area contributed by atoms with Crippen molar-refractivity contribution in [3.05, 3.63) is 41.6 Å². The summed E-state index contributed by atoms with van der Waals surface area (Å²) in [6, 6.07) is 3.27. The van der Waals surface area contributed by atoms with E-state index in [0.717, 1.165) is 0 Å². The van der Waals surface area contributed by atoms with Crippen molar-refractivity contribution in [1.29, 1.82) is 0 Å². The van der Waals surface area contributed by atoms with Crippen LogP contribution in [0.4, 0.5) is 0 Å². The predicted octanol–water partition coefficient (Wildman–Crippen LogP) is 1.56. The Labute approximate surface area is 126 Å². The molecule has 2 heterocycles. The smallest absolute Gasteiger partial charge is 0.170 e. The molecule has 0 unspecified atom stereocenters. The molecule has 0 bridgehead atoms. The number of aliphatic hydroxyl groups is 1. The number of nitrogens with zero attached hydrogens (tertiary/aromatic N) is 4. The van der Waals surface area contributed by atoms with E-state index >= 15 is 0 Å². The minimum Gasteiger partial charge on any atom is -0.506 e. The Bertz CT molecular complexity index is 760. The first-order valence-electron chi connectivity index (χ1n) is 6.90. The quantitative estimate of drug-likeness (QED) is 0.513. The fourth-order valence-electron chi connectivity index (χ4n) is 2.47. The Balaban J connectivity index is 2.05. The van der Waals surface area contributed by atoms with Gasteiger partial charge in [0.25, 0.3) is 0 Å². The fourth-order valence-corrected chi connectivity index (χ4v) is 2.47. The predicted molar refractivity (Wildman–Crippen MR) is 77.3 cm³/mol. The molecule has 0 spiro atoms. The Morgan fingerprint density at radius 1 is 1.23 bits per heavy atom. The summed E-state index contributed by atoms with van der Waals surface area (Å²) in [5.74, 6) is -0.371. The first-order chi connectivity index (χ1) is 10.6. The van der Waals surface area contributed by atoms with Gasteiger partial charge in [0.05, 0.1) is 5.69 Å². The third-order valence-corrected chi connectivity index (χ3v) is 3.58. The van der Waals surface area contributed by atoms with Crippen molar-refractivity contribution in [3.63, 3.8) is 0 Å². The van der Waals surface area contributed by atoms with Gasteiger partial charge in [-0.3, -0.25) is 9.59 Å². The van der Waals surface area contributed by atoms with Crippen molar-refractivity contribution >= 4 is 17.3 Å². The van der Waals surface area contributed by atoms with Crippen LogP contribution in [0.2, 0.25) is 0 Å². The summed E-state index contributed by atoms with van der Waals surface area (Å²) in [4.78, 5) is 32.0. The number of aryl methyl sites for hydroxylation is 1. The first kappa shape index (κ1) is 14.1. The van der Waals surface area contributed by atoms with Gasteiger partial charge in [0.2, 0.25) is 0 Å². The number of aromatic nitrogens is 4. The van der Waals surface area contributed by atoms with E-state index in [4.69, 9.17) is 0 Å². The largest absolute Gasteiger partial charge is 0.506 e. The normalized spacial score (nSPS) is 15.2. The van der Waals surface area contributed by atoms with Gasteiger partial charge in [0, 0.05) is 18.4 Å². The van der Waals surface area contributed by atoms with E-state index in [2.05, 4.69) is 15.1 Å². The molecule has 0 radical (unpaired) electrons. The van der Waals surface area contributed by atoms with E-state index in [1.165, 1.54) is 17.3 Å². The van der Waals surface area contributed by atoms with Gasteiger partial charge in [-0.2, -0.15) is 5.10 Å². The first-order valence-corrected chi connectivity index (χ1v) is 6.90. The Kier molecular flexibility index (Phi) is 3.54. The van der Waals surface area contributed by atoms with Gasteiger partial charge in [-0.05, 0) is 25.5 Å². The van der Waals surface area contributed by atoms with Crippen molar-refractivity contribution in [2.75, 3.05) is 0 Å². The van der Waals surface area contributed by atoms with Crippen molar-refractivity contribution in [2.24, 2.45) is 0 Å². The summed E-state index contributed by atoms with van der Waals surface area (Å²) in [5.41, 5.74) is 0.774. The molecule has 7 nitrogen and oxygen atoms in total. The van der Waals surface area contributed by atoms with E-state index < -0.39 is 0 Å². The van der Waals surface area contributed by atoms with Gasteiger partial charge in [-0.25, -0.2) is 14.6 Å². The lowest BCUT2D eigenvalue weighted by atomic mass is 9.89. The minimum atomic E-state index is -0.312. The van der Waals surface area contributed by atoms with E-state index in [1.54, 1.807) is 19.1 Å². The molecule has 22 heavy (non-hydrogen) atoms. The maximum atomic E-state index is 11.9. The molecule has 3 rings (SSSR count). The second kappa shape index (κ2) is 5.51. The summed E-state index contributed by atoms with van der Waals surface area (Å²) in [7, 11) is 0. The van der Waals surface area contributed by atoms with Crippen LogP contribution in [-0.2, 0) is 9.59 Å². The van der Waals surface area contributed by atoms with Gasteiger partial charge in [-0.1, -0.05) is 0 Å². The number of hydrogen-bond donors (Lipinski definition) is 1. The third kappa shape index (κ3) is 2.41. The van der Waals surface area contributed by atoms with E-state index in [-0.39, 0.29) is 35.7 Å². The molecule has 7 heteroatoms. The number of hydrogen-bond acceptors (Lipinski definition) is 6. The zero-order valence-electron chi connectivity index (χ0n) is 12.0. The summed E-state index contributed by atoms with van der Waals surface area (Å²) < 4.78 is 1.48. The average molecular weight is 298 g/mol. The highest BCUT2D eigenvalue weighted by atomic mass is 16.3. The number of carbonyl (C=O) groups excluding carboxylic acids is 2. The third-order valence-electron chi connectivity index (χ3n) is 3.58. The van der Waals surface area contributed by atoms with Gasteiger partial charge < -0.3 is 5.11 Å². The number of Topliss-reactive ketones (excluding diaryl/α,β-unsaturated/α-hetero) is 2. The molecular formula is C15H14N4O3. The standard InChI is InChI=1S/C15H14N4O3/c1-9-10(5-6-13(18-9)19-8-16-7-17-19)15(22)14-11(20)3-2-4-12(14)21/h5-8,22H,2-4H2,1H3. The molecule has 1 aliphatic carbocycles. The van der Waals surface area contributed by atoms with Crippen LogP contribution in [0.3, 0.4) is 0 Å². The number of allylic oxidation sites excluding steroid dienone is 1. The molecule has 0 aliphatic heterocycles. The highest BCUT2D eigenvalue weighted by Crippen LogP contribution is 2.26. The summed E-state index contributed by atoms with van der Waals surface area (Å²) in [6.07, 6.45) is 4.01. The molecule has 1 fully saturated rings. The highest BCUT2D eigenvalue weighted by Gasteiger charge is 2.28. The van der Waals surface area contributed by atoms with Gasteiger partial charge >= 0.3 is 0 Å². The SMILES string of the molecule is Cc1nc(-n2cncn2)ccc1C(O)=C1C(=O)CCCC1=O. The molecule has 1 aliphatic rings. The second-order valence-corrected chi connectivity index (χ2v) is 5.07. The van der Waals surface area contributed by atoms with E-state index in [1.807, 2.05) is 0 Å². The van der Waals surface area contributed by atoms with Crippen molar-refractivity contribution in [3.8, 4) is 5.82 Å². The molecule has 2 aromatic rings. The lowest BCUT2D eigenvalue weighted by Crippen LogP contribution is -2.20. The molecular weight excluding hydrogens is 284 g/mol. The topological polar surface area (TPSA) is 98.0 Å². The summed E-state index contributed by atoms with van der Waals surface area (Å²) in [6.45, 7) is 1.70. The van der Waals surface area contributed by atoms with Crippen molar-refractivity contribution in [2.45, 2.75) is 26.2 Å². The fraction of sp³-hybridized carbons (Fsp3) is 0.267. The number of rotatable bonds is 2. The number of carbonyl (C=O) groups is 2. The minimum absolute atomic E-state index is 0.107. The average Bonchev–Trinajstić information content (AvgIpc) is 3.01. The van der Waals surface area contributed by atoms with Crippen LogP contribution < -0.4 is 0 Å². The van der Waals surface area contributed by atoms with Crippen LogP contribution in [0.15, 0.2) is 30.4 Å². The Morgan fingerprint density at radius 2 is 1.95 bits per heavy atom. The molecule has 2 aromatic heterocycles.